The molecular weight excluding hydrogens is 1210 g/mol. The molecule has 0 bridgehead atoms. The molecule has 9 aromatic rings. The van der Waals surface area contributed by atoms with Crippen LogP contribution in [0.3, 0.4) is 0 Å². The van der Waals surface area contributed by atoms with E-state index in [0.29, 0.717) is 27.8 Å². The van der Waals surface area contributed by atoms with E-state index in [1.54, 1.807) is 36.4 Å². The largest absolute Gasteiger partial charge is 0.503 e. The molecule has 0 spiro atoms. The van der Waals surface area contributed by atoms with Crippen LogP contribution >= 0.6 is 0 Å². The number of para-hydroxylation sites is 6. The number of rotatable bonds is 8. The minimum atomic E-state index is -2.77. The number of nitrogens with zero attached hydrogens (tertiary/aromatic N) is 6. The molecule has 6 aromatic carbocycles. The van der Waals surface area contributed by atoms with Crippen LogP contribution in [0.2, 0.25) is 0 Å². The molecule has 0 aliphatic carbocycles. The van der Waals surface area contributed by atoms with Crippen LogP contribution in [0.5, 0.6) is 11.6 Å². The average molecular weight is 1280 g/mol. The van der Waals surface area contributed by atoms with E-state index in [1.807, 2.05) is 85.3 Å². The Kier molecular flexibility index (Phi) is 13.6. The standard InChI is InChI=1S/C72H67B2N8O.Pt/c1-70(2,3)48-42-55(71(4,5)6)67(56(43-48)72(7,8)9)60-44-49(45-66(77-60)83-50-34-35-52-51-24-11-13-30-61(51)82(65(52)46-50)69-78-59-29-12-14-31-62(59)79(69)10)80-47-81(64-33-16-15-32-63(64)80)68-53(57-27-22-40-75-38-19-17-36-73-57)25-21-26-54(68)58-28-23-41-76-39-20-18-37-74-58;/h11-44,47,75-76H,1-10H3;/q-3;/b36-17-,37-18-,38-19-,39-20-,40-22-,41-23-,57-27-,58-28-;/i10D3,11D,13D,24D,30D;. The third-order valence-electron chi connectivity index (χ3n) is 14.9. The van der Waals surface area contributed by atoms with Crippen molar-refractivity contribution < 1.29 is 35.4 Å². The topological polar surface area (TPSA) is 75.4 Å². The Labute approximate surface area is 520 Å². The van der Waals surface area contributed by atoms with Crippen molar-refractivity contribution >= 4 is 81.1 Å². The summed E-state index contributed by atoms with van der Waals surface area (Å²) in [5.74, 6) is 4.23. The third kappa shape index (κ3) is 11.2. The van der Waals surface area contributed by atoms with Gasteiger partial charge in [0.05, 0.1) is 16.5 Å². The van der Waals surface area contributed by atoms with Gasteiger partial charge in [-0.25, -0.2) is 4.98 Å². The van der Waals surface area contributed by atoms with Gasteiger partial charge in [-0.1, -0.05) is 176 Å². The molecule has 12 heteroatoms. The molecule has 3 aromatic heterocycles. The van der Waals surface area contributed by atoms with Crippen LogP contribution in [-0.4, -0.2) is 33.7 Å². The Balaban J connectivity index is 0.00000850. The molecule has 2 radical (unpaired) electrons. The maximum Gasteiger partial charge on any atom is 0.213 e. The Bertz CT molecular complexity index is 4520. The zero-order valence-corrected chi connectivity index (χ0v) is 50.7. The SMILES string of the molecule is [2H]c1c([2H])c([2H])c2c(c1[2H])c1ccc(Oc3[c-]c(N4[CH-]N(c5c(/C6=C/C=C\N/C=C\C=C/[B]6)cccc5/C5=C/C=C\N/C=C\C=C/[B]5)c5ccccc54)cc(-c4c(C(C)(C)C)cc(C(C)(C)C)cc4C(C)(C)C)n3)[c-]c1n2-c1nc2ccccc2n1C([2H])([2H])[2H].[Pt]. The van der Waals surface area contributed by atoms with Gasteiger partial charge in [-0.05, 0) is 115 Å². The predicted octanol–water partition coefficient (Wildman–Crippen LogP) is 16.8. The van der Waals surface area contributed by atoms with Crippen molar-refractivity contribution in [2.24, 2.45) is 6.98 Å². The summed E-state index contributed by atoms with van der Waals surface area (Å²) in [7, 11) is 4.24. The molecule has 0 unspecified atom stereocenters. The zero-order valence-electron chi connectivity index (χ0n) is 55.5. The van der Waals surface area contributed by atoms with Crippen LogP contribution in [0.15, 0.2) is 207 Å². The summed E-state index contributed by atoms with van der Waals surface area (Å²) >= 11 is 0. The zero-order chi connectivity index (χ0) is 63.6. The van der Waals surface area contributed by atoms with Crippen LogP contribution in [0.4, 0.5) is 22.7 Å². The number of aromatic nitrogens is 4. The molecular formula is C72H67B2N8OPt-3. The maximum absolute atomic E-state index is 9.35. The normalized spacial score (nSPS) is 19.5. The summed E-state index contributed by atoms with van der Waals surface area (Å²) in [6.07, 6.45) is 23.7. The van der Waals surface area contributed by atoms with Gasteiger partial charge in [-0.15, -0.1) is 36.1 Å². The summed E-state index contributed by atoms with van der Waals surface area (Å²) in [4.78, 5) is 14.7. The number of pyridine rings is 1. The molecule has 0 saturated heterocycles. The van der Waals surface area contributed by atoms with Gasteiger partial charge in [0.2, 0.25) is 5.95 Å². The Morgan fingerprint density at radius 1 is 0.619 bits per heavy atom. The van der Waals surface area contributed by atoms with E-state index in [4.69, 9.17) is 21.6 Å². The van der Waals surface area contributed by atoms with Crippen molar-refractivity contribution in [1.82, 2.24) is 29.7 Å². The number of benzene rings is 6. The number of allylic oxidation sites excluding steroid dienone is 8. The van der Waals surface area contributed by atoms with E-state index in [-0.39, 0.29) is 83.4 Å². The van der Waals surface area contributed by atoms with Gasteiger partial charge < -0.3 is 34.3 Å². The molecule has 6 heterocycles. The molecule has 0 saturated carbocycles. The second-order valence-electron chi connectivity index (χ2n) is 23.8. The van der Waals surface area contributed by atoms with Gasteiger partial charge >= 0.3 is 0 Å². The number of aryl methyl sites for hydroxylation is 1. The van der Waals surface area contributed by atoms with Crippen molar-refractivity contribution in [3.63, 3.8) is 0 Å². The molecule has 84 heavy (non-hydrogen) atoms. The van der Waals surface area contributed by atoms with E-state index < -0.39 is 19.1 Å². The monoisotopic (exact) mass is 1280 g/mol. The number of imidazole rings is 1. The minimum absolute atomic E-state index is 0. The van der Waals surface area contributed by atoms with E-state index in [2.05, 4.69) is 177 Å². The Hall–Kier alpha value is -8.52. The van der Waals surface area contributed by atoms with Gasteiger partial charge in [0.25, 0.3) is 0 Å². The quantitative estimate of drug-likeness (QED) is 0.116. The number of fused-ring (bicyclic) bond motifs is 5. The van der Waals surface area contributed by atoms with Crippen LogP contribution in [0.25, 0.3) is 61.0 Å². The molecule has 12 rings (SSSR count). The second kappa shape index (κ2) is 23.3. The summed E-state index contributed by atoms with van der Waals surface area (Å²) < 4.78 is 72.3. The first-order chi connectivity index (χ1) is 42.9. The van der Waals surface area contributed by atoms with Gasteiger partial charge in [-0.2, -0.15) is 23.9 Å². The summed E-state index contributed by atoms with van der Waals surface area (Å²) in [6, 6.07) is 37.1. The van der Waals surface area contributed by atoms with Gasteiger partial charge in [0, 0.05) is 85.3 Å². The van der Waals surface area contributed by atoms with Crippen molar-refractivity contribution in [3.05, 3.63) is 253 Å². The number of hydrogen-bond acceptors (Lipinski definition) is 7. The smallest absolute Gasteiger partial charge is 0.213 e. The molecule has 0 atom stereocenters. The number of ether oxygens (including phenoxy) is 1. The number of hydrogen-bond donors (Lipinski definition) is 2. The average Bonchev–Trinajstić information content (AvgIpc) is 1.61. The maximum atomic E-state index is 9.35. The molecule has 2 N–H and O–H groups in total. The molecule has 0 fully saturated rings. The fourth-order valence-corrected chi connectivity index (χ4v) is 10.8. The van der Waals surface area contributed by atoms with Crippen molar-refractivity contribution in [2.45, 2.75) is 78.6 Å². The number of anilines is 4. The number of nitrogens with one attached hydrogen (secondary N) is 2. The fourth-order valence-electron chi connectivity index (χ4n) is 10.8. The van der Waals surface area contributed by atoms with Crippen LogP contribution < -0.4 is 25.2 Å². The van der Waals surface area contributed by atoms with Crippen molar-refractivity contribution in [1.29, 1.82) is 0 Å². The second-order valence-corrected chi connectivity index (χ2v) is 23.8. The van der Waals surface area contributed by atoms with Crippen LogP contribution in [0, 0.1) is 18.8 Å². The fraction of sp³-hybridized carbons (Fsp3) is 0.181. The van der Waals surface area contributed by atoms with E-state index in [1.165, 1.54) is 10.1 Å². The molecule has 3 aliphatic rings. The summed E-state index contributed by atoms with van der Waals surface area (Å²) in [5.41, 5.74) is 12.1. The van der Waals surface area contributed by atoms with Crippen LogP contribution in [-0.2, 0) is 44.3 Å². The van der Waals surface area contributed by atoms with E-state index >= 15 is 0 Å². The molecule has 420 valence electrons. The minimum Gasteiger partial charge on any atom is -0.503 e. The van der Waals surface area contributed by atoms with E-state index in [0.717, 1.165) is 60.4 Å². The van der Waals surface area contributed by atoms with Crippen molar-refractivity contribution in [3.8, 4) is 28.8 Å². The predicted molar refractivity (Wildman–Crippen MR) is 349 cm³/mol. The van der Waals surface area contributed by atoms with Crippen molar-refractivity contribution in [2.75, 3.05) is 9.80 Å². The third-order valence-corrected chi connectivity index (χ3v) is 14.9. The van der Waals surface area contributed by atoms with Crippen LogP contribution in [0.1, 0.15) is 99.7 Å². The summed E-state index contributed by atoms with van der Waals surface area (Å²) in [6.45, 7) is 19.4. The first-order valence-corrected chi connectivity index (χ1v) is 27.9. The van der Waals surface area contributed by atoms with Gasteiger partial charge in [-0.3, -0.25) is 4.98 Å². The summed E-state index contributed by atoms with van der Waals surface area (Å²) in [5, 5.41) is 7.00. The van der Waals surface area contributed by atoms with Gasteiger partial charge in [0.15, 0.2) is 14.6 Å². The molecule has 9 nitrogen and oxygen atoms in total. The van der Waals surface area contributed by atoms with Gasteiger partial charge in [0.1, 0.15) is 5.88 Å². The van der Waals surface area contributed by atoms with E-state index in [9.17, 15) is 2.74 Å². The Morgan fingerprint density at radius 2 is 1.24 bits per heavy atom. The molecule has 0 amide bonds. The molecule has 3 aliphatic heterocycles. The first kappa shape index (κ1) is 49.0. The Morgan fingerprint density at radius 3 is 1.88 bits per heavy atom. The first-order valence-electron chi connectivity index (χ1n) is 31.4.